The van der Waals surface area contributed by atoms with Crippen molar-refractivity contribution in [2.24, 2.45) is 0 Å². The molecule has 0 saturated heterocycles. The molecule has 1 saturated carbocycles. The van der Waals surface area contributed by atoms with Gasteiger partial charge in [-0.05, 0) is 62.6 Å². The predicted molar refractivity (Wildman–Crippen MR) is 124 cm³/mol. The second-order valence-corrected chi connectivity index (χ2v) is 9.63. The van der Waals surface area contributed by atoms with Crippen molar-refractivity contribution in [3.8, 4) is 11.4 Å². The van der Waals surface area contributed by atoms with Crippen LogP contribution in [0.5, 0.6) is 0 Å². The number of rotatable bonds is 6. The van der Waals surface area contributed by atoms with E-state index < -0.39 is 17.2 Å². The predicted octanol–water partition coefficient (Wildman–Crippen LogP) is 5.21. The fourth-order valence-electron chi connectivity index (χ4n) is 3.99. The molecule has 4 aromatic rings. The lowest BCUT2D eigenvalue weighted by atomic mass is 9.83. The molecule has 35 heavy (non-hydrogen) atoms. The van der Waals surface area contributed by atoms with Gasteiger partial charge in [-0.3, -0.25) is 4.57 Å². The van der Waals surface area contributed by atoms with Crippen LogP contribution in [0.1, 0.15) is 55.5 Å². The Hall–Kier alpha value is -3.40. The third kappa shape index (κ3) is 4.50. The van der Waals surface area contributed by atoms with Crippen molar-refractivity contribution in [2.45, 2.75) is 50.9 Å². The lowest BCUT2D eigenvalue weighted by Crippen LogP contribution is -2.25. The van der Waals surface area contributed by atoms with E-state index in [4.69, 9.17) is 11.6 Å². The van der Waals surface area contributed by atoms with E-state index in [1.165, 1.54) is 10.7 Å². The first-order valence-electron chi connectivity index (χ1n) is 11.1. The van der Waals surface area contributed by atoms with E-state index in [0.29, 0.717) is 28.1 Å². The minimum absolute atomic E-state index is 0.0464. The van der Waals surface area contributed by atoms with Crippen molar-refractivity contribution >= 4 is 11.6 Å². The Morgan fingerprint density at radius 2 is 1.74 bits per heavy atom. The molecule has 11 heteroatoms. The zero-order chi connectivity index (χ0) is 25.0. The van der Waals surface area contributed by atoms with Crippen molar-refractivity contribution < 1.29 is 13.2 Å². The number of hydrogen-bond acceptors (Lipinski definition) is 4. The fraction of sp³-hybridized carbons (Fsp3) is 0.333. The average molecular weight is 503 g/mol. The Labute approximate surface area is 203 Å². The van der Waals surface area contributed by atoms with Gasteiger partial charge in [0, 0.05) is 22.0 Å². The van der Waals surface area contributed by atoms with Crippen LogP contribution in [0.2, 0.25) is 5.02 Å². The number of alkyl halides is 3. The van der Waals surface area contributed by atoms with Crippen LogP contribution in [0.4, 0.5) is 13.2 Å². The van der Waals surface area contributed by atoms with Crippen LogP contribution in [0.15, 0.2) is 53.3 Å². The molecular weight excluding hydrogens is 481 g/mol. The Kier molecular flexibility index (Phi) is 5.58. The summed E-state index contributed by atoms with van der Waals surface area (Å²) in [5, 5.41) is 13.5. The van der Waals surface area contributed by atoms with Gasteiger partial charge in [0.2, 0.25) is 0 Å². The van der Waals surface area contributed by atoms with Crippen molar-refractivity contribution in [1.29, 1.82) is 0 Å². The molecule has 2 aromatic carbocycles. The summed E-state index contributed by atoms with van der Waals surface area (Å²) in [6.45, 7) is 3.57. The second kappa shape index (κ2) is 8.37. The maximum atomic E-state index is 13.2. The van der Waals surface area contributed by atoms with Crippen molar-refractivity contribution in [3.63, 3.8) is 0 Å². The molecule has 0 aliphatic heterocycles. The van der Waals surface area contributed by atoms with Gasteiger partial charge in [0.05, 0.1) is 5.56 Å². The van der Waals surface area contributed by atoms with E-state index in [2.05, 4.69) is 20.3 Å². The maximum absolute atomic E-state index is 13.2. The molecular formula is C24H22ClF3N6O. The zero-order valence-corrected chi connectivity index (χ0v) is 19.7. The molecule has 0 atom stereocenters. The van der Waals surface area contributed by atoms with Crippen LogP contribution in [-0.2, 0) is 18.1 Å². The van der Waals surface area contributed by atoms with Gasteiger partial charge in [0.25, 0.3) is 0 Å². The first kappa shape index (κ1) is 23.3. The number of aromatic nitrogens is 6. The first-order chi connectivity index (χ1) is 16.5. The van der Waals surface area contributed by atoms with Crippen LogP contribution >= 0.6 is 11.6 Å². The summed E-state index contributed by atoms with van der Waals surface area (Å²) in [7, 11) is 0. The molecule has 1 N–H and O–H groups in total. The van der Waals surface area contributed by atoms with Gasteiger partial charge in [-0.15, -0.1) is 15.3 Å². The van der Waals surface area contributed by atoms with Gasteiger partial charge in [0.1, 0.15) is 12.4 Å². The molecule has 7 nitrogen and oxygen atoms in total. The molecule has 0 unspecified atom stereocenters. The topological polar surface area (TPSA) is 81.4 Å². The lowest BCUT2D eigenvalue weighted by molar-refractivity contribution is -0.137. The molecule has 5 rings (SSSR count). The normalized spacial score (nSPS) is 14.5. The van der Waals surface area contributed by atoms with Crippen LogP contribution in [-0.4, -0.2) is 29.5 Å². The zero-order valence-electron chi connectivity index (χ0n) is 19.0. The summed E-state index contributed by atoms with van der Waals surface area (Å²) in [4.78, 5) is 16.2. The number of nitrogens with zero attached hydrogens (tertiary/aromatic N) is 5. The molecule has 0 radical (unpaired) electrons. The van der Waals surface area contributed by atoms with E-state index in [9.17, 15) is 18.0 Å². The third-order valence-corrected chi connectivity index (χ3v) is 6.47. The minimum atomic E-state index is -4.44. The number of benzene rings is 2. The Morgan fingerprint density at radius 1 is 1.06 bits per heavy atom. The molecule has 2 heterocycles. The van der Waals surface area contributed by atoms with Gasteiger partial charge in [0.15, 0.2) is 11.6 Å². The molecule has 0 spiro atoms. The van der Waals surface area contributed by atoms with Gasteiger partial charge < -0.3 is 4.98 Å². The van der Waals surface area contributed by atoms with E-state index in [-0.39, 0.29) is 18.3 Å². The summed E-state index contributed by atoms with van der Waals surface area (Å²) >= 11 is 6.00. The Morgan fingerprint density at radius 3 is 2.40 bits per heavy atom. The highest BCUT2D eigenvalue weighted by Crippen LogP contribution is 2.37. The summed E-state index contributed by atoms with van der Waals surface area (Å²) in [5.41, 5.74) is -0.641. The molecule has 1 aliphatic rings. The monoisotopic (exact) mass is 502 g/mol. The van der Waals surface area contributed by atoms with E-state index >= 15 is 0 Å². The Bertz CT molecular complexity index is 1430. The molecule has 1 aliphatic carbocycles. The van der Waals surface area contributed by atoms with E-state index in [0.717, 1.165) is 30.5 Å². The van der Waals surface area contributed by atoms with E-state index in [1.807, 2.05) is 12.1 Å². The number of hydrogen-bond donors (Lipinski definition) is 1. The van der Waals surface area contributed by atoms with Crippen LogP contribution < -0.4 is 5.69 Å². The van der Waals surface area contributed by atoms with Crippen LogP contribution in [0.25, 0.3) is 11.4 Å². The highest BCUT2D eigenvalue weighted by Gasteiger charge is 2.34. The summed E-state index contributed by atoms with van der Waals surface area (Å²) in [5.74, 6) is 1.32. The molecule has 182 valence electrons. The second-order valence-electron chi connectivity index (χ2n) is 9.20. The minimum Gasteiger partial charge on any atom is -0.327 e. The first-order valence-corrected chi connectivity index (χ1v) is 11.5. The highest BCUT2D eigenvalue weighted by molar-refractivity contribution is 6.30. The Balaban J connectivity index is 1.45. The smallest absolute Gasteiger partial charge is 0.327 e. The van der Waals surface area contributed by atoms with Crippen molar-refractivity contribution in [2.75, 3.05) is 0 Å². The summed E-state index contributed by atoms with van der Waals surface area (Å²) in [6, 6.07) is 12.4. The quantitative estimate of drug-likeness (QED) is 0.392. The summed E-state index contributed by atoms with van der Waals surface area (Å²) < 4.78 is 42.6. The van der Waals surface area contributed by atoms with Crippen molar-refractivity contribution in [1.82, 2.24) is 29.5 Å². The number of aromatic amines is 1. The van der Waals surface area contributed by atoms with Gasteiger partial charge in [-0.2, -0.15) is 13.2 Å². The third-order valence-electron chi connectivity index (χ3n) is 6.22. The number of H-pyrrole nitrogens is 1. The van der Waals surface area contributed by atoms with Gasteiger partial charge >= 0.3 is 11.9 Å². The standard InChI is InChI=1S/C24H22ClF3N6O/c1-23(2,15-4-3-5-16(12-15)24(26,27)28)21-29-19(30-31-21)13-33-22(35)34(18-10-11-18)20(32-33)14-6-8-17(25)9-7-14/h3-9,12,18H,10-11,13H2,1-2H3,(H,29,30,31). The van der Waals surface area contributed by atoms with Crippen LogP contribution in [0.3, 0.4) is 0 Å². The fourth-order valence-corrected chi connectivity index (χ4v) is 4.12. The molecule has 1 fully saturated rings. The largest absolute Gasteiger partial charge is 0.416 e. The van der Waals surface area contributed by atoms with E-state index in [1.54, 1.807) is 36.6 Å². The lowest BCUT2D eigenvalue weighted by Gasteiger charge is -2.23. The average Bonchev–Trinajstić information content (AvgIpc) is 3.44. The molecule has 0 bridgehead atoms. The van der Waals surface area contributed by atoms with Gasteiger partial charge in [-0.25, -0.2) is 9.48 Å². The SMILES string of the molecule is CC(C)(c1cccc(C(F)(F)F)c1)c1nnc(Cn2nc(-c3ccc(Cl)cc3)n(C3CC3)c2=O)[nH]1. The van der Waals surface area contributed by atoms with Crippen LogP contribution in [0, 0.1) is 0 Å². The highest BCUT2D eigenvalue weighted by atomic mass is 35.5. The van der Waals surface area contributed by atoms with Crippen molar-refractivity contribution in [3.05, 3.63) is 86.8 Å². The number of nitrogens with one attached hydrogen (secondary N) is 1. The molecule has 2 aromatic heterocycles. The summed E-state index contributed by atoms with van der Waals surface area (Å²) in [6.07, 6.45) is -2.63. The molecule has 0 amide bonds. The maximum Gasteiger partial charge on any atom is 0.416 e. The van der Waals surface area contributed by atoms with Gasteiger partial charge in [-0.1, -0.05) is 29.8 Å². The number of halogens is 4.